The fourth-order valence-corrected chi connectivity index (χ4v) is 5.41. The number of amides is 3. The number of fused-ring (bicyclic) bond motifs is 4. The Morgan fingerprint density at radius 2 is 1.81 bits per heavy atom. The number of carbonyl (C=O) groups excluding carboxylic acids is 3. The summed E-state index contributed by atoms with van der Waals surface area (Å²) in [5.74, 6) is -2.65. The molecule has 0 aromatic heterocycles. The van der Waals surface area contributed by atoms with Crippen LogP contribution < -0.4 is 15.4 Å². The number of carbonyl (C=O) groups is 3. The van der Waals surface area contributed by atoms with Gasteiger partial charge in [0, 0.05) is 17.3 Å². The number of imide groups is 1. The summed E-state index contributed by atoms with van der Waals surface area (Å²) in [5.41, 5.74) is 0.144. The fourth-order valence-electron chi connectivity index (χ4n) is 5.41. The second-order valence-corrected chi connectivity index (χ2v) is 8.98. The Balaban J connectivity index is 1.58. The molecule has 2 unspecified atom stereocenters. The summed E-state index contributed by atoms with van der Waals surface area (Å²) in [6, 6.07) is 10.8. The van der Waals surface area contributed by atoms with Crippen molar-refractivity contribution in [2.45, 2.75) is 32.0 Å². The van der Waals surface area contributed by atoms with Gasteiger partial charge in [-0.2, -0.15) is 0 Å². The van der Waals surface area contributed by atoms with Gasteiger partial charge in [0.25, 0.3) is 0 Å². The molecule has 0 radical (unpaired) electrons. The number of halogens is 1. The van der Waals surface area contributed by atoms with E-state index in [1.165, 1.54) is 23.1 Å². The molecule has 1 spiro atoms. The molecule has 4 atom stereocenters. The molecule has 0 bridgehead atoms. The Hall–Kier alpha value is -3.26. The van der Waals surface area contributed by atoms with Crippen LogP contribution in [0, 0.1) is 23.6 Å². The molecule has 2 saturated heterocycles. The number of rotatable bonds is 4. The average Bonchev–Trinajstić information content (AvgIpc) is 3.36. The van der Waals surface area contributed by atoms with Crippen molar-refractivity contribution in [1.29, 1.82) is 0 Å². The number of ether oxygens (including phenoxy) is 1. The van der Waals surface area contributed by atoms with Gasteiger partial charge < -0.3 is 10.1 Å². The fraction of sp³-hybridized carbons (Fsp3) is 0.375. The van der Waals surface area contributed by atoms with Crippen LogP contribution in [-0.2, 0) is 26.5 Å². The van der Waals surface area contributed by atoms with Crippen LogP contribution in [0.5, 0.6) is 5.75 Å². The lowest BCUT2D eigenvalue weighted by Gasteiger charge is -2.30. The van der Waals surface area contributed by atoms with Crippen LogP contribution in [0.15, 0.2) is 42.5 Å². The summed E-state index contributed by atoms with van der Waals surface area (Å²) in [4.78, 5) is 41.7. The molecule has 0 aliphatic carbocycles. The van der Waals surface area contributed by atoms with E-state index in [9.17, 15) is 18.8 Å². The third kappa shape index (κ3) is 2.72. The van der Waals surface area contributed by atoms with Gasteiger partial charge in [-0.25, -0.2) is 4.39 Å². The average molecular weight is 437 g/mol. The van der Waals surface area contributed by atoms with Gasteiger partial charge in [0.15, 0.2) is 0 Å². The Kier molecular flexibility index (Phi) is 4.60. The standard InChI is InChI=1S/C24H24FN3O4/c1-12(2)20-18-19(24(27-20)16-10-14(25)6-9-17(16)26-23(24)31)22(30)28(21(18)29)11-13-4-7-15(32-3)8-5-13/h4-10,12,18-20,27H,11H2,1-3H3,(H,26,31)/t18-,19-,20?,24?/m0/s1. The van der Waals surface area contributed by atoms with Gasteiger partial charge >= 0.3 is 0 Å². The van der Waals surface area contributed by atoms with E-state index in [0.29, 0.717) is 17.0 Å². The Morgan fingerprint density at radius 1 is 1.09 bits per heavy atom. The van der Waals surface area contributed by atoms with Crippen LogP contribution in [0.3, 0.4) is 0 Å². The van der Waals surface area contributed by atoms with Gasteiger partial charge in [-0.1, -0.05) is 26.0 Å². The monoisotopic (exact) mass is 437 g/mol. The zero-order valence-electron chi connectivity index (χ0n) is 18.0. The maximum atomic E-state index is 14.2. The Bertz CT molecular complexity index is 1130. The molecule has 32 heavy (non-hydrogen) atoms. The van der Waals surface area contributed by atoms with Gasteiger partial charge in [0.2, 0.25) is 17.7 Å². The number of methoxy groups -OCH3 is 1. The topological polar surface area (TPSA) is 87.7 Å². The highest BCUT2D eigenvalue weighted by atomic mass is 19.1. The first kappa shape index (κ1) is 20.6. The van der Waals surface area contributed by atoms with Crippen LogP contribution in [0.25, 0.3) is 0 Å². The molecule has 3 aliphatic heterocycles. The van der Waals surface area contributed by atoms with Crippen molar-refractivity contribution < 1.29 is 23.5 Å². The van der Waals surface area contributed by atoms with Crippen molar-refractivity contribution >= 4 is 23.4 Å². The number of benzene rings is 2. The molecule has 3 amide bonds. The maximum absolute atomic E-state index is 14.2. The van der Waals surface area contributed by atoms with E-state index in [2.05, 4.69) is 10.6 Å². The van der Waals surface area contributed by atoms with Gasteiger partial charge in [-0.3, -0.25) is 24.6 Å². The molecule has 2 aromatic rings. The lowest BCUT2D eigenvalue weighted by molar-refractivity contribution is -0.143. The summed E-state index contributed by atoms with van der Waals surface area (Å²) in [6.45, 7) is 3.99. The molecule has 7 nitrogen and oxygen atoms in total. The summed E-state index contributed by atoms with van der Waals surface area (Å²) >= 11 is 0. The van der Waals surface area contributed by atoms with Gasteiger partial charge in [0.1, 0.15) is 17.1 Å². The lowest BCUT2D eigenvalue weighted by Crippen LogP contribution is -2.53. The van der Waals surface area contributed by atoms with E-state index >= 15 is 0 Å². The molecule has 8 heteroatoms. The van der Waals surface area contributed by atoms with Crippen molar-refractivity contribution in [3.8, 4) is 5.75 Å². The minimum Gasteiger partial charge on any atom is -0.497 e. The Labute approximate surface area is 184 Å². The van der Waals surface area contributed by atoms with Crippen molar-refractivity contribution in [1.82, 2.24) is 10.2 Å². The van der Waals surface area contributed by atoms with E-state index in [1.54, 1.807) is 31.4 Å². The SMILES string of the molecule is COc1ccc(CN2C(=O)[C@@H]3C(C(C)C)NC4(C(=O)Nc5ccc(F)cc54)[C@@H]3C2=O)cc1. The van der Waals surface area contributed by atoms with Crippen molar-refractivity contribution in [2.75, 3.05) is 12.4 Å². The quantitative estimate of drug-likeness (QED) is 0.718. The number of likely N-dealkylation sites (tertiary alicyclic amines) is 1. The minimum absolute atomic E-state index is 0.0232. The van der Waals surface area contributed by atoms with Gasteiger partial charge in [-0.05, 0) is 41.8 Å². The number of nitrogens with zero attached hydrogens (tertiary/aromatic N) is 1. The molecule has 166 valence electrons. The molecule has 2 aromatic carbocycles. The van der Waals surface area contributed by atoms with E-state index in [4.69, 9.17) is 4.74 Å². The number of hydrogen-bond acceptors (Lipinski definition) is 5. The smallest absolute Gasteiger partial charge is 0.250 e. The summed E-state index contributed by atoms with van der Waals surface area (Å²) in [6.07, 6.45) is 0. The molecule has 2 N–H and O–H groups in total. The summed E-state index contributed by atoms with van der Waals surface area (Å²) < 4.78 is 19.4. The van der Waals surface area contributed by atoms with Crippen LogP contribution in [0.1, 0.15) is 25.0 Å². The number of nitrogens with one attached hydrogen (secondary N) is 2. The second kappa shape index (κ2) is 7.13. The maximum Gasteiger partial charge on any atom is 0.250 e. The highest BCUT2D eigenvalue weighted by Gasteiger charge is 2.70. The molecule has 3 heterocycles. The summed E-state index contributed by atoms with van der Waals surface area (Å²) in [5, 5.41) is 6.08. The lowest BCUT2D eigenvalue weighted by atomic mass is 9.76. The van der Waals surface area contributed by atoms with Crippen LogP contribution in [0.4, 0.5) is 10.1 Å². The van der Waals surface area contributed by atoms with Crippen molar-refractivity contribution in [3.05, 3.63) is 59.4 Å². The van der Waals surface area contributed by atoms with Crippen molar-refractivity contribution in [3.63, 3.8) is 0 Å². The minimum atomic E-state index is -1.47. The molecule has 3 aliphatic rings. The van der Waals surface area contributed by atoms with E-state index in [-0.39, 0.29) is 18.4 Å². The number of anilines is 1. The van der Waals surface area contributed by atoms with Gasteiger partial charge in [-0.15, -0.1) is 0 Å². The molecular formula is C24H24FN3O4. The normalized spacial score (nSPS) is 28.5. The third-order valence-corrected chi connectivity index (χ3v) is 6.92. The summed E-state index contributed by atoms with van der Waals surface area (Å²) in [7, 11) is 1.57. The van der Waals surface area contributed by atoms with Crippen molar-refractivity contribution in [2.24, 2.45) is 17.8 Å². The highest BCUT2D eigenvalue weighted by molar-refractivity contribution is 6.15. The van der Waals surface area contributed by atoms with Crippen LogP contribution >= 0.6 is 0 Å². The van der Waals surface area contributed by atoms with Crippen LogP contribution in [-0.4, -0.2) is 35.8 Å². The van der Waals surface area contributed by atoms with E-state index in [0.717, 1.165) is 5.56 Å². The Morgan fingerprint density at radius 3 is 2.47 bits per heavy atom. The molecule has 0 saturated carbocycles. The zero-order valence-corrected chi connectivity index (χ0v) is 18.0. The van der Waals surface area contributed by atoms with Gasteiger partial charge in [0.05, 0.1) is 25.5 Å². The zero-order chi connectivity index (χ0) is 22.8. The first-order chi connectivity index (χ1) is 15.3. The largest absolute Gasteiger partial charge is 0.497 e. The molecular weight excluding hydrogens is 413 g/mol. The second-order valence-electron chi connectivity index (χ2n) is 8.98. The first-order valence-corrected chi connectivity index (χ1v) is 10.6. The van der Waals surface area contributed by atoms with E-state index < -0.39 is 41.0 Å². The molecule has 5 rings (SSSR count). The highest BCUT2D eigenvalue weighted by Crippen LogP contribution is 2.54. The number of hydrogen-bond donors (Lipinski definition) is 2. The third-order valence-electron chi connectivity index (χ3n) is 6.92. The predicted octanol–water partition coefficient (Wildman–Crippen LogP) is 2.41. The van der Waals surface area contributed by atoms with E-state index in [1.807, 2.05) is 13.8 Å². The van der Waals surface area contributed by atoms with Crippen LogP contribution in [0.2, 0.25) is 0 Å². The first-order valence-electron chi connectivity index (χ1n) is 10.6. The molecule has 2 fully saturated rings. The predicted molar refractivity (Wildman–Crippen MR) is 114 cm³/mol.